The minimum absolute atomic E-state index is 0.0617. The van der Waals surface area contributed by atoms with Gasteiger partial charge in [-0.1, -0.05) is 68.4 Å². The van der Waals surface area contributed by atoms with Crippen molar-refractivity contribution in [3.8, 4) is 11.5 Å². The number of ether oxygens (including phenoxy) is 4. The molecule has 6 atom stereocenters. The Morgan fingerprint density at radius 1 is 0.940 bits per heavy atom. The zero-order valence-electron chi connectivity index (χ0n) is 38.9. The summed E-state index contributed by atoms with van der Waals surface area (Å²) in [6.07, 6.45) is -10.6. The molecular weight excluding hydrogens is 899 g/mol. The Labute approximate surface area is 389 Å². The molecule has 3 heterocycles. The summed E-state index contributed by atoms with van der Waals surface area (Å²) in [5.41, 5.74) is 6.72. The Morgan fingerprint density at radius 2 is 1.48 bits per heavy atom. The number of methoxy groups -OCH3 is 2. The number of nitrogens with two attached hydrogens (primary N) is 1. The van der Waals surface area contributed by atoms with Crippen molar-refractivity contribution in [1.82, 2.24) is 19.8 Å². The number of carbonyl (C=O) groups is 3. The molecule has 1 saturated heterocycles. The lowest BCUT2D eigenvalue weighted by Crippen LogP contribution is -2.61. The second-order valence-electron chi connectivity index (χ2n) is 17.4. The molecule has 3 unspecified atom stereocenters. The molecule has 6 rings (SSSR count). The smallest absolute Gasteiger partial charge is 0.471 e. The highest BCUT2D eigenvalue weighted by Gasteiger charge is 2.53. The van der Waals surface area contributed by atoms with Crippen LogP contribution in [0.15, 0.2) is 85.2 Å². The highest BCUT2D eigenvalue weighted by atomic mass is 31.2. The number of nitrogens with zero attached hydrogens (tertiary/aromatic N) is 5. The number of amides is 2. The number of hydroxylamine groups is 1. The van der Waals surface area contributed by atoms with Gasteiger partial charge in [-0.3, -0.25) is 28.9 Å². The van der Waals surface area contributed by atoms with Crippen molar-refractivity contribution >= 4 is 31.9 Å². The van der Waals surface area contributed by atoms with Gasteiger partial charge in [0.25, 0.3) is 5.91 Å². The fraction of sp³-hybridized carbons (Fsp3) is 0.478. The quantitative estimate of drug-likeness (QED) is 0.0655. The molecule has 3 aromatic carbocycles. The summed E-state index contributed by atoms with van der Waals surface area (Å²) in [4.78, 5) is 57.1. The number of halogens is 3. The number of rotatable bonds is 19. The van der Waals surface area contributed by atoms with Crippen LogP contribution in [-0.2, 0) is 29.3 Å². The average molecular weight is 959 g/mol. The van der Waals surface area contributed by atoms with Crippen LogP contribution >= 0.6 is 8.53 Å². The normalized spacial score (nSPS) is 19.9. The topological polar surface area (TPSA) is 200 Å². The molecule has 2 aliphatic rings. The van der Waals surface area contributed by atoms with E-state index in [2.05, 4.69) is 10.3 Å². The van der Waals surface area contributed by atoms with Gasteiger partial charge < -0.3 is 39.2 Å². The number of aliphatic hydroxyl groups is 1. The Hall–Kier alpha value is -5.18. The van der Waals surface area contributed by atoms with Crippen LogP contribution in [-0.4, -0.2) is 124 Å². The van der Waals surface area contributed by atoms with Gasteiger partial charge in [0.15, 0.2) is 23.6 Å². The van der Waals surface area contributed by atoms with E-state index in [1.165, 1.54) is 10.9 Å². The number of aliphatic hydroxyl groups excluding tert-OH is 1. The Balaban J connectivity index is 1.40. The standard InChI is InChI=1S/C46H59F3N7O10P/c1-27(2)38(58)40(65-45(30-13-11-10-12-14-30,31-15-19-33(62-8)20-16-31)32-17-21-34(63-9)22-18-32)39-35(57)25-36(64-39)54-26-51-37-41(59)52-44(50)55(42(37)54)66-67(61)56(28(3)4,29(5)6)24-23-53(7)43(60)46(47,48)49/h10-22,26-29,35-36,39-40,44,57,61H,23-25,50H2,1-9H3/p+1/t35-,36+,39-,40?,44?,67?/m0/s1. The number of anilines is 1. The molecule has 4 aromatic rings. The minimum atomic E-state index is -5.10. The van der Waals surface area contributed by atoms with E-state index in [0.29, 0.717) is 33.1 Å². The summed E-state index contributed by atoms with van der Waals surface area (Å²) in [7, 11) is 1.42. The maximum Gasteiger partial charge on any atom is 0.471 e. The third-order valence-electron chi connectivity index (χ3n) is 12.4. The number of likely N-dealkylation sites (N-methyl/N-ethyl adjacent to an activating group) is 1. The number of hydrogen-bond donors (Lipinski definition) is 4. The van der Waals surface area contributed by atoms with Crippen LogP contribution in [0.25, 0.3) is 0 Å². The monoisotopic (exact) mass is 958 g/mol. The lowest BCUT2D eigenvalue weighted by Gasteiger charge is -2.48. The molecule has 0 bridgehead atoms. The summed E-state index contributed by atoms with van der Waals surface area (Å²) < 4.78 is 72.4. The van der Waals surface area contributed by atoms with Gasteiger partial charge in [0.1, 0.15) is 42.1 Å². The lowest BCUT2D eigenvalue weighted by atomic mass is 9.79. The van der Waals surface area contributed by atoms with Crippen LogP contribution in [0.2, 0.25) is 0 Å². The molecule has 21 heteroatoms. The van der Waals surface area contributed by atoms with Gasteiger partial charge in [-0.2, -0.15) is 22.9 Å². The number of fused-ring (bicyclic) bond motifs is 1. The zero-order chi connectivity index (χ0) is 49.2. The first-order valence-corrected chi connectivity index (χ1v) is 23.0. The highest BCUT2D eigenvalue weighted by molar-refractivity contribution is 7.39. The van der Waals surface area contributed by atoms with E-state index in [1.54, 1.807) is 80.0 Å². The van der Waals surface area contributed by atoms with Gasteiger partial charge in [-0.25, -0.2) is 4.98 Å². The van der Waals surface area contributed by atoms with Gasteiger partial charge in [-0.15, -0.1) is 0 Å². The summed E-state index contributed by atoms with van der Waals surface area (Å²) in [6.45, 7) is 9.93. The van der Waals surface area contributed by atoms with Gasteiger partial charge in [0, 0.05) is 19.4 Å². The van der Waals surface area contributed by atoms with Crippen LogP contribution in [0.3, 0.4) is 0 Å². The van der Waals surface area contributed by atoms with Crippen molar-refractivity contribution in [3.63, 3.8) is 0 Å². The van der Waals surface area contributed by atoms with Crippen molar-refractivity contribution in [2.24, 2.45) is 11.7 Å². The zero-order valence-corrected chi connectivity index (χ0v) is 39.8. The average Bonchev–Trinajstić information content (AvgIpc) is 3.92. The van der Waals surface area contributed by atoms with Gasteiger partial charge in [0.05, 0.1) is 45.3 Å². The molecule has 17 nitrogen and oxygen atoms in total. The molecule has 0 saturated carbocycles. The molecule has 0 radical (unpaired) electrons. The molecule has 2 amide bonds. The molecule has 67 heavy (non-hydrogen) atoms. The molecule has 0 aliphatic carbocycles. The van der Waals surface area contributed by atoms with Gasteiger partial charge in [0.2, 0.25) is 0 Å². The van der Waals surface area contributed by atoms with Crippen molar-refractivity contribution in [1.29, 1.82) is 0 Å². The number of aromatic nitrogens is 2. The fourth-order valence-electron chi connectivity index (χ4n) is 8.75. The number of nitrogens with one attached hydrogen (secondary N) is 1. The highest BCUT2D eigenvalue weighted by Crippen LogP contribution is 2.52. The van der Waals surface area contributed by atoms with E-state index in [-0.39, 0.29) is 41.1 Å². The van der Waals surface area contributed by atoms with Crippen molar-refractivity contribution in [3.05, 3.63) is 108 Å². The summed E-state index contributed by atoms with van der Waals surface area (Å²) >= 11 is 0. The van der Waals surface area contributed by atoms with Crippen LogP contribution in [0.5, 0.6) is 11.5 Å². The summed E-state index contributed by atoms with van der Waals surface area (Å²) in [5, 5.41) is 15.6. The summed E-state index contributed by atoms with van der Waals surface area (Å²) in [6, 6.07) is 22.9. The van der Waals surface area contributed by atoms with Crippen molar-refractivity contribution < 1.29 is 65.4 Å². The number of imidazole rings is 1. The maximum atomic E-state index is 14.6. The van der Waals surface area contributed by atoms with Crippen LogP contribution in [0.1, 0.15) is 81.4 Å². The first-order chi connectivity index (χ1) is 31.6. The van der Waals surface area contributed by atoms with E-state index in [4.69, 9.17) is 29.3 Å². The van der Waals surface area contributed by atoms with Crippen molar-refractivity contribution in [2.45, 2.75) is 103 Å². The first-order valence-electron chi connectivity index (χ1n) is 21.8. The van der Waals surface area contributed by atoms with E-state index >= 15 is 0 Å². The second-order valence-corrected chi connectivity index (χ2v) is 18.8. The van der Waals surface area contributed by atoms with Crippen molar-refractivity contribution in [2.75, 3.05) is 39.4 Å². The minimum Gasteiger partial charge on any atom is -0.497 e. The largest absolute Gasteiger partial charge is 0.497 e. The number of Topliss-reactive ketones (excluding diaryl/α,β-unsaturated/α-hetero) is 1. The predicted molar refractivity (Wildman–Crippen MR) is 241 cm³/mol. The molecule has 1 fully saturated rings. The Morgan fingerprint density at radius 3 is 1.97 bits per heavy atom. The molecule has 5 N–H and O–H groups in total. The number of hydrogen-bond acceptors (Lipinski definition) is 13. The molecule has 2 aliphatic heterocycles. The number of carbonyl (C=O) groups excluding carboxylic acids is 3. The van der Waals surface area contributed by atoms with E-state index in [0.717, 1.165) is 12.1 Å². The number of alkyl halides is 3. The number of ketones is 1. The third kappa shape index (κ3) is 10.0. The number of benzene rings is 3. The van der Waals surface area contributed by atoms with Gasteiger partial charge >= 0.3 is 20.6 Å². The maximum absolute atomic E-state index is 14.6. The Bertz CT molecular complexity index is 2280. The SMILES string of the molecule is COc1ccc(C(OC(C(=O)C(C)C)[C@H]2O[C@@H](n3cnc4c3N(OP(O)[N+](CCN(C)C(=O)C(F)(F)F)(C(C)C)C(C)C)C(N)NC4=O)C[C@@H]2O)(c2ccccc2)c2ccc(OC)cc2)cc1. The van der Waals surface area contributed by atoms with Crippen LogP contribution in [0, 0.1) is 5.92 Å². The summed E-state index contributed by atoms with van der Waals surface area (Å²) in [5.74, 6) is -2.62. The molecule has 364 valence electrons. The van der Waals surface area contributed by atoms with Crippen LogP contribution in [0.4, 0.5) is 19.0 Å². The van der Waals surface area contributed by atoms with E-state index in [1.807, 2.05) is 54.6 Å². The molecular formula is C46H60F3N7O10P+. The van der Waals surface area contributed by atoms with Crippen LogP contribution < -0.4 is 25.6 Å². The van der Waals surface area contributed by atoms with E-state index in [9.17, 15) is 37.6 Å². The van der Waals surface area contributed by atoms with Gasteiger partial charge in [-0.05, 0) is 68.7 Å². The Kier molecular flexibility index (Phi) is 15.7. The molecule has 0 spiro atoms. The second kappa shape index (κ2) is 20.6. The number of quaternary nitrogens is 1. The molecule has 1 aromatic heterocycles. The lowest BCUT2D eigenvalue weighted by molar-refractivity contribution is -0.861. The first kappa shape index (κ1) is 51.2. The predicted octanol–water partition coefficient (Wildman–Crippen LogP) is 5.75. The van der Waals surface area contributed by atoms with E-state index < -0.39 is 80.9 Å². The fourth-order valence-corrected chi connectivity index (χ4v) is 10.3. The third-order valence-corrected chi connectivity index (χ3v) is 14.5.